The maximum Gasteiger partial charge on any atom is 0.336 e. The van der Waals surface area contributed by atoms with E-state index in [0.29, 0.717) is 16.9 Å². The molecule has 1 heterocycles. The molecule has 0 aliphatic rings. The second kappa shape index (κ2) is 6.24. The summed E-state index contributed by atoms with van der Waals surface area (Å²) >= 11 is 0. The van der Waals surface area contributed by atoms with E-state index in [0.717, 1.165) is 28.0 Å². The molecular formula is C21H14O4. The molecule has 0 radical (unpaired) electrons. The van der Waals surface area contributed by atoms with Crippen molar-refractivity contribution in [3.8, 4) is 5.75 Å². The summed E-state index contributed by atoms with van der Waals surface area (Å²) < 4.78 is 11.1. The van der Waals surface area contributed by atoms with Crippen molar-refractivity contribution < 1.29 is 13.9 Å². The summed E-state index contributed by atoms with van der Waals surface area (Å²) in [6.07, 6.45) is 0.784. The van der Waals surface area contributed by atoms with E-state index in [1.807, 2.05) is 30.3 Å². The molecular weight excluding hydrogens is 316 g/mol. The molecule has 0 unspecified atom stereocenters. The van der Waals surface area contributed by atoms with Crippen LogP contribution in [0.4, 0.5) is 0 Å². The standard InChI is InChI=1S/C21H14O4/c22-12-14-5-8-17(9-6-14)24-13-16-11-20(23)25-19-10-7-15-3-1-2-4-18(15)21(16)19/h1-12H,13H2. The molecule has 122 valence electrons. The Kier molecular flexibility index (Phi) is 3.78. The number of carbonyl (C=O) groups is 1. The minimum atomic E-state index is -0.405. The Bertz CT molecular complexity index is 1120. The topological polar surface area (TPSA) is 56.5 Å². The second-order valence-corrected chi connectivity index (χ2v) is 5.73. The second-order valence-electron chi connectivity index (χ2n) is 5.73. The zero-order valence-electron chi connectivity index (χ0n) is 13.3. The lowest BCUT2D eigenvalue weighted by atomic mass is 10.0. The number of ether oxygens (including phenoxy) is 1. The van der Waals surface area contributed by atoms with Gasteiger partial charge in [-0.1, -0.05) is 30.3 Å². The molecule has 0 fully saturated rings. The normalized spacial score (nSPS) is 10.9. The first kappa shape index (κ1) is 15.1. The molecule has 0 saturated carbocycles. The lowest BCUT2D eigenvalue weighted by molar-refractivity contribution is 0.112. The van der Waals surface area contributed by atoms with Crippen molar-refractivity contribution in [2.24, 2.45) is 0 Å². The van der Waals surface area contributed by atoms with Gasteiger partial charge in [-0.05, 0) is 41.1 Å². The van der Waals surface area contributed by atoms with Crippen LogP contribution in [0.3, 0.4) is 0 Å². The van der Waals surface area contributed by atoms with Crippen LogP contribution in [0.5, 0.6) is 5.75 Å². The third kappa shape index (κ3) is 2.90. The van der Waals surface area contributed by atoms with E-state index in [-0.39, 0.29) is 6.61 Å². The minimum Gasteiger partial charge on any atom is -0.489 e. The fourth-order valence-electron chi connectivity index (χ4n) is 2.94. The number of benzene rings is 3. The number of rotatable bonds is 4. The fourth-order valence-corrected chi connectivity index (χ4v) is 2.94. The van der Waals surface area contributed by atoms with Crippen molar-refractivity contribution in [3.63, 3.8) is 0 Å². The molecule has 25 heavy (non-hydrogen) atoms. The molecule has 0 spiro atoms. The molecule has 4 rings (SSSR count). The van der Waals surface area contributed by atoms with E-state index in [4.69, 9.17) is 9.15 Å². The zero-order valence-corrected chi connectivity index (χ0v) is 13.3. The number of hydrogen-bond donors (Lipinski definition) is 0. The summed E-state index contributed by atoms with van der Waals surface area (Å²) in [5.74, 6) is 0.632. The molecule has 0 N–H and O–H groups in total. The SMILES string of the molecule is O=Cc1ccc(OCc2cc(=O)oc3ccc4ccccc4c23)cc1. The monoisotopic (exact) mass is 330 g/mol. The van der Waals surface area contributed by atoms with E-state index in [1.165, 1.54) is 6.07 Å². The largest absolute Gasteiger partial charge is 0.489 e. The smallest absolute Gasteiger partial charge is 0.336 e. The lowest BCUT2D eigenvalue weighted by Gasteiger charge is -2.10. The van der Waals surface area contributed by atoms with Crippen molar-refractivity contribution in [1.29, 1.82) is 0 Å². The van der Waals surface area contributed by atoms with Gasteiger partial charge in [0.15, 0.2) is 0 Å². The van der Waals surface area contributed by atoms with Crippen molar-refractivity contribution in [2.45, 2.75) is 6.61 Å². The zero-order chi connectivity index (χ0) is 17.2. The van der Waals surface area contributed by atoms with Crippen molar-refractivity contribution in [3.05, 3.63) is 88.3 Å². The predicted octanol–water partition coefficient (Wildman–Crippen LogP) is 4.34. The van der Waals surface area contributed by atoms with E-state index < -0.39 is 5.63 Å². The van der Waals surface area contributed by atoms with Crippen LogP contribution in [-0.4, -0.2) is 6.29 Å². The van der Waals surface area contributed by atoms with Gasteiger partial charge in [0.2, 0.25) is 0 Å². The van der Waals surface area contributed by atoms with Crippen LogP contribution < -0.4 is 10.4 Å². The van der Waals surface area contributed by atoms with Crippen molar-refractivity contribution in [1.82, 2.24) is 0 Å². The maximum atomic E-state index is 11.9. The molecule has 3 aromatic carbocycles. The van der Waals surface area contributed by atoms with E-state index >= 15 is 0 Å². The molecule has 4 nitrogen and oxygen atoms in total. The molecule has 4 aromatic rings. The van der Waals surface area contributed by atoms with Gasteiger partial charge >= 0.3 is 5.63 Å². The summed E-state index contributed by atoms with van der Waals surface area (Å²) in [7, 11) is 0. The average Bonchev–Trinajstić information content (AvgIpc) is 2.66. The van der Waals surface area contributed by atoms with E-state index in [9.17, 15) is 9.59 Å². The van der Waals surface area contributed by atoms with Gasteiger partial charge in [-0.2, -0.15) is 0 Å². The molecule has 1 aromatic heterocycles. The van der Waals surface area contributed by atoms with Crippen molar-refractivity contribution in [2.75, 3.05) is 0 Å². The first-order chi connectivity index (χ1) is 12.2. The van der Waals surface area contributed by atoms with Gasteiger partial charge in [-0.15, -0.1) is 0 Å². The first-order valence-electron chi connectivity index (χ1n) is 7.87. The van der Waals surface area contributed by atoms with Gasteiger partial charge in [0.05, 0.1) is 0 Å². The molecule has 0 atom stereocenters. The van der Waals surface area contributed by atoms with Crippen LogP contribution in [0.2, 0.25) is 0 Å². The lowest BCUT2D eigenvalue weighted by Crippen LogP contribution is -2.04. The molecule has 0 amide bonds. The van der Waals surface area contributed by atoms with Crippen molar-refractivity contribution >= 4 is 28.0 Å². The molecule has 0 bridgehead atoms. The predicted molar refractivity (Wildman–Crippen MR) is 96.2 cm³/mol. The fraction of sp³-hybridized carbons (Fsp3) is 0.0476. The highest BCUT2D eigenvalue weighted by Crippen LogP contribution is 2.28. The maximum absolute atomic E-state index is 11.9. The van der Waals surface area contributed by atoms with Crippen LogP contribution in [0.15, 0.2) is 75.9 Å². The summed E-state index contributed by atoms with van der Waals surface area (Å²) in [4.78, 5) is 22.6. The first-order valence-corrected chi connectivity index (χ1v) is 7.87. The molecule has 0 aliphatic carbocycles. The molecule has 4 heteroatoms. The van der Waals surface area contributed by atoms with Gasteiger partial charge in [-0.25, -0.2) is 4.79 Å². The van der Waals surface area contributed by atoms with Gasteiger partial charge in [0, 0.05) is 22.6 Å². The van der Waals surface area contributed by atoms with E-state index in [2.05, 4.69) is 0 Å². The van der Waals surface area contributed by atoms with Gasteiger partial charge in [-0.3, -0.25) is 4.79 Å². The van der Waals surface area contributed by atoms with E-state index in [1.54, 1.807) is 30.3 Å². The summed E-state index contributed by atoms with van der Waals surface area (Å²) in [5, 5.41) is 2.96. The molecule has 0 saturated heterocycles. The number of carbonyl (C=O) groups excluding carboxylic acids is 1. The highest BCUT2D eigenvalue weighted by atomic mass is 16.5. The quantitative estimate of drug-likeness (QED) is 0.317. The third-order valence-electron chi connectivity index (χ3n) is 4.13. The Balaban J connectivity index is 1.78. The molecule has 0 aliphatic heterocycles. The Hall–Kier alpha value is -3.40. The Morgan fingerprint density at radius 3 is 2.56 bits per heavy atom. The van der Waals surface area contributed by atoms with Crippen LogP contribution in [0.1, 0.15) is 15.9 Å². The Morgan fingerprint density at radius 1 is 0.960 bits per heavy atom. The van der Waals surface area contributed by atoms with Crippen LogP contribution in [-0.2, 0) is 6.61 Å². The van der Waals surface area contributed by atoms with Crippen LogP contribution >= 0.6 is 0 Å². The van der Waals surface area contributed by atoms with Crippen LogP contribution in [0.25, 0.3) is 21.7 Å². The Morgan fingerprint density at radius 2 is 1.76 bits per heavy atom. The summed E-state index contributed by atoms with van der Waals surface area (Å²) in [5.41, 5.74) is 1.49. The van der Waals surface area contributed by atoms with Gasteiger partial charge in [0.1, 0.15) is 24.2 Å². The number of fused-ring (bicyclic) bond motifs is 3. The summed E-state index contributed by atoms with van der Waals surface area (Å²) in [6.45, 7) is 0.233. The number of hydrogen-bond acceptors (Lipinski definition) is 4. The minimum absolute atomic E-state index is 0.233. The van der Waals surface area contributed by atoms with Crippen LogP contribution in [0, 0.1) is 0 Å². The van der Waals surface area contributed by atoms with Gasteiger partial charge in [0.25, 0.3) is 0 Å². The summed E-state index contributed by atoms with van der Waals surface area (Å²) in [6, 6.07) is 20.0. The highest BCUT2D eigenvalue weighted by Gasteiger charge is 2.10. The highest BCUT2D eigenvalue weighted by molar-refractivity contribution is 6.07. The number of aldehydes is 1. The third-order valence-corrected chi connectivity index (χ3v) is 4.13. The Labute approximate surface area is 143 Å². The average molecular weight is 330 g/mol. The van der Waals surface area contributed by atoms with Gasteiger partial charge < -0.3 is 9.15 Å².